The number of halogens is 2. The Morgan fingerprint density at radius 1 is 1.03 bits per heavy atom. The number of alkyl halides is 2. The normalized spacial score (nSPS) is 21.5. The number of amides is 2. The first-order valence-electron chi connectivity index (χ1n) is 11.7. The molecule has 1 saturated carbocycles. The summed E-state index contributed by atoms with van der Waals surface area (Å²) in [6, 6.07) is 15.4. The second kappa shape index (κ2) is 9.64. The van der Waals surface area contributed by atoms with Gasteiger partial charge in [0.15, 0.2) is 0 Å². The van der Waals surface area contributed by atoms with Crippen LogP contribution in [0.15, 0.2) is 48.5 Å². The summed E-state index contributed by atoms with van der Waals surface area (Å²) in [4.78, 5) is 36.2. The molecular weight excluding hydrogens is 458 g/mol. The van der Waals surface area contributed by atoms with Crippen molar-refractivity contribution in [2.75, 3.05) is 13.2 Å². The number of carboxylic acids is 1. The van der Waals surface area contributed by atoms with Crippen LogP contribution in [0, 0.1) is 5.92 Å². The summed E-state index contributed by atoms with van der Waals surface area (Å²) in [5.41, 5.74) is 2.30. The lowest BCUT2D eigenvalue weighted by Crippen LogP contribution is -2.61. The number of carbonyl (C=O) groups is 3. The summed E-state index contributed by atoms with van der Waals surface area (Å²) >= 11 is 0. The van der Waals surface area contributed by atoms with E-state index in [-0.39, 0.29) is 31.3 Å². The van der Waals surface area contributed by atoms with Crippen LogP contribution in [0.1, 0.15) is 49.7 Å². The van der Waals surface area contributed by atoms with Crippen molar-refractivity contribution in [1.82, 2.24) is 10.6 Å². The number of ether oxygens (including phenoxy) is 1. The van der Waals surface area contributed by atoms with E-state index in [9.17, 15) is 28.3 Å². The molecule has 0 unspecified atom stereocenters. The molecule has 2 aliphatic carbocycles. The highest BCUT2D eigenvalue weighted by Crippen LogP contribution is 2.44. The lowest BCUT2D eigenvalue weighted by atomic mass is 9.77. The minimum atomic E-state index is -4.00. The number of rotatable bonds is 7. The number of fused-ring (bicyclic) bond motifs is 3. The third kappa shape index (κ3) is 4.99. The van der Waals surface area contributed by atoms with Gasteiger partial charge in [-0.05, 0) is 53.9 Å². The molecule has 2 amide bonds. The van der Waals surface area contributed by atoms with Crippen molar-refractivity contribution in [3.05, 3.63) is 59.7 Å². The van der Waals surface area contributed by atoms with Gasteiger partial charge in [-0.1, -0.05) is 55.5 Å². The molecule has 0 atom stereocenters. The summed E-state index contributed by atoms with van der Waals surface area (Å²) in [5, 5.41) is 13.5. The van der Waals surface area contributed by atoms with Crippen molar-refractivity contribution in [2.45, 2.75) is 50.0 Å². The Kier molecular flexibility index (Phi) is 6.78. The van der Waals surface area contributed by atoms with Gasteiger partial charge in [-0.25, -0.2) is 9.59 Å². The second-order valence-electron chi connectivity index (χ2n) is 9.41. The highest BCUT2D eigenvalue weighted by molar-refractivity contribution is 5.91. The van der Waals surface area contributed by atoms with E-state index in [1.807, 2.05) is 66.1 Å². The first-order valence-corrected chi connectivity index (χ1v) is 11.7. The molecule has 0 bridgehead atoms. The molecular formula is C26H28F2N2O5. The highest BCUT2D eigenvalue weighted by Gasteiger charge is 2.48. The van der Waals surface area contributed by atoms with Gasteiger partial charge in [0, 0.05) is 5.92 Å². The molecule has 0 radical (unpaired) electrons. The maximum Gasteiger partial charge on any atom is 0.407 e. The van der Waals surface area contributed by atoms with Crippen molar-refractivity contribution in [1.29, 1.82) is 0 Å². The average Bonchev–Trinajstić information content (AvgIpc) is 3.16. The van der Waals surface area contributed by atoms with Gasteiger partial charge in [-0.2, -0.15) is 8.78 Å². The Morgan fingerprint density at radius 3 is 2.11 bits per heavy atom. The van der Waals surface area contributed by atoms with E-state index in [0.717, 1.165) is 22.3 Å². The predicted octanol–water partition coefficient (Wildman–Crippen LogP) is 4.31. The zero-order chi connectivity index (χ0) is 25.2. The molecule has 4 rings (SSSR count). The smallest absolute Gasteiger partial charge is 0.407 e. The minimum Gasteiger partial charge on any atom is -0.480 e. The highest BCUT2D eigenvalue weighted by atomic mass is 19.3. The summed E-state index contributed by atoms with van der Waals surface area (Å²) in [5.74, 6) is -7.04. The first-order chi connectivity index (χ1) is 16.6. The topological polar surface area (TPSA) is 105 Å². The molecule has 2 aromatic carbocycles. The maximum absolute atomic E-state index is 14.5. The molecule has 0 saturated heterocycles. The average molecular weight is 487 g/mol. The quantitative estimate of drug-likeness (QED) is 0.541. The predicted molar refractivity (Wildman–Crippen MR) is 124 cm³/mol. The number of carboxylic acid groups (broad SMARTS) is 1. The Balaban J connectivity index is 1.34. The molecule has 2 aliphatic rings. The van der Waals surface area contributed by atoms with E-state index < -0.39 is 36.0 Å². The molecule has 1 fully saturated rings. The standard InChI is InChI=1S/C26H28F2N2O5/c1-16-10-12-25(13-11-16,23(32)33)30-22(31)26(27,28)15-29-24(34)35-14-21-19-8-4-2-6-17(19)18-7-3-5-9-20(18)21/h2-9,16,21H,10-15H2,1H3,(H,29,34)(H,30,31)(H,32,33). The molecule has 0 heterocycles. The molecule has 9 heteroatoms. The Bertz CT molecular complexity index is 1080. The van der Waals surface area contributed by atoms with E-state index in [0.29, 0.717) is 12.8 Å². The van der Waals surface area contributed by atoms with Crippen LogP contribution < -0.4 is 10.6 Å². The van der Waals surface area contributed by atoms with E-state index in [2.05, 4.69) is 0 Å². The van der Waals surface area contributed by atoms with Crippen molar-refractivity contribution in [3.63, 3.8) is 0 Å². The molecule has 3 N–H and O–H groups in total. The number of alkyl carbamates (subject to hydrolysis) is 1. The monoisotopic (exact) mass is 486 g/mol. The summed E-state index contributed by atoms with van der Waals surface area (Å²) in [7, 11) is 0. The van der Waals surface area contributed by atoms with Gasteiger partial charge < -0.3 is 20.5 Å². The van der Waals surface area contributed by atoms with Gasteiger partial charge in [0.1, 0.15) is 12.1 Å². The lowest BCUT2D eigenvalue weighted by molar-refractivity contribution is -0.157. The number of benzene rings is 2. The minimum absolute atomic E-state index is 0.0576. The summed E-state index contributed by atoms with van der Waals surface area (Å²) < 4.78 is 34.2. The number of aliphatic carboxylic acids is 1. The first kappa shape index (κ1) is 24.6. The van der Waals surface area contributed by atoms with Crippen LogP contribution in [0.2, 0.25) is 0 Å². The Hall–Kier alpha value is -3.49. The fraction of sp³-hybridized carbons (Fsp3) is 0.423. The number of carbonyl (C=O) groups excluding carboxylic acids is 2. The zero-order valence-corrected chi connectivity index (χ0v) is 19.4. The Labute approximate surface area is 201 Å². The van der Waals surface area contributed by atoms with Crippen LogP contribution in [-0.4, -0.2) is 47.7 Å². The molecule has 186 valence electrons. The fourth-order valence-electron chi connectivity index (χ4n) is 4.87. The van der Waals surface area contributed by atoms with Crippen LogP contribution in [0.4, 0.5) is 13.6 Å². The van der Waals surface area contributed by atoms with Gasteiger partial charge >= 0.3 is 18.0 Å². The second-order valence-corrected chi connectivity index (χ2v) is 9.41. The third-order valence-corrected chi connectivity index (χ3v) is 7.02. The summed E-state index contributed by atoms with van der Waals surface area (Å²) in [6.45, 7) is 0.583. The van der Waals surface area contributed by atoms with Gasteiger partial charge in [-0.15, -0.1) is 0 Å². The van der Waals surface area contributed by atoms with Crippen LogP contribution in [0.5, 0.6) is 0 Å². The number of hydrogen-bond donors (Lipinski definition) is 3. The van der Waals surface area contributed by atoms with Crippen molar-refractivity contribution >= 4 is 18.0 Å². The van der Waals surface area contributed by atoms with Crippen LogP contribution in [-0.2, 0) is 14.3 Å². The molecule has 0 aromatic heterocycles. The number of hydrogen-bond acceptors (Lipinski definition) is 4. The molecule has 7 nitrogen and oxygen atoms in total. The SMILES string of the molecule is CC1CCC(NC(=O)C(F)(F)CNC(=O)OCC2c3ccccc3-c3ccccc32)(C(=O)O)CC1. The molecule has 2 aromatic rings. The van der Waals surface area contributed by atoms with Crippen molar-refractivity contribution in [3.8, 4) is 11.1 Å². The molecule has 35 heavy (non-hydrogen) atoms. The fourth-order valence-corrected chi connectivity index (χ4v) is 4.87. The van der Waals surface area contributed by atoms with Gasteiger partial charge in [-0.3, -0.25) is 4.79 Å². The number of nitrogens with one attached hydrogen (secondary N) is 2. The van der Waals surface area contributed by atoms with E-state index in [4.69, 9.17) is 4.74 Å². The van der Waals surface area contributed by atoms with Gasteiger partial charge in [0.25, 0.3) is 5.91 Å². The van der Waals surface area contributed by atoms with Gasteiger partial charge in [0.05, 0.1) is 6.54 Å². The molecule has 0 spiro atoms. The van der Waals surface area contributed by atoms with Crippen LogP contribution >= 0.6 is 0 Å². The maximum atomic E-state index is 14.5. The Morgan fingerprint density at radius 2 is 1.57 bits per heavy atom. The van der Waals surface area contributed by atoms with Gasteiger partial charge in [0.2, 0.25) is 0 Å². The van der Waals surface area contributed by atoms with E-state index in [1.165, 1.54) is 0 Å². The molecule has 0 aliphatic heterocycles. The van der Waals surface area contributed by atoms with E-state index >= 15 is 0 Å². The largest absolute Gasteiger partial charge is 0.480 e. The van der Waals surface area contributed by atoms with Crippen LogP contribution in [0.3, 0.4) is 0 Å². The van der Waals surface area contributed by atoms with Crippen molar-refractivity contribution in [2.24, 2.45) is 5.92 Å². The summed E-state index contributed by atoms with van der Waals surface area (Å²) in [6.07, 6.45) is 0.0847. The van der Waals surface area contributed by atoms with Crippen LogP contribution in [0.25, 0.3) is 11.1 Å². The van der Waals surface area contributed by atoms with E-state index in [1.54, 1.807) is 0 Å². The third-order valence-electron chi connectivity index (χ3n) is 7.02. The van der Waals surface area contributed by atoms with Crippen molar-refractivity contribution < 1.29 is 33.0 Å². The lowest BCUT2D eigenvalue weighted by Gasteiger charge is -2.37. The zero-order valence-electron chi connectivity index (χ0n) is 19.4.